The zero-order valence-corrected chi connectivity index (χ0v) is 13.9. The zero-order chi connectivity index (χ0) is 15.4. The Bertz CT molecular complexity index is 391. The molecule has 0 atom stereocenters. The Labute approximate surface area is 124 Å². The third kappa shape index (κ3) is 3.17. The third-order valence-corrected chi connectivity index (χ3v) is 5.20. The van der Waals surface area contributed by atoms with E-state index in [0.717, 1.165) is 18.6 Å². The van der Waals surface area contributed by atoms with Gasteiger partial charge in [-0.2, -0.15) is 0 Å². The number of para-hydroxylation sites is 1. The molecule has 0 spiro atoms. The summed E-state index contributed by atoms with van der Waals surface area (Å²) in [6.07, 6.45) is 1.82. The van der Waals surface area contributed by atoms with Crippen LogP contribution in [0, 0.1) is 10.8 Å². The molecule has 114 valence electrons. The quantitative estimate of drug-likeness (QED) is 0.785. The second-order valence-corrected chi connectivity index (χ2v) is 6.94. The Kier molecular flexibility index (Phi) is 5.26. The van der Waals surface area contributed by atoms with Crippen molar-refractivity contribution in [2.24, 2.45) is 10.8 Å². The molecule has 0 aromatic heterocycles. The van der Waals surface area contributed by atoms with Gasteiger partial charge in [0.1, 0.15) is 18.0 Å². The van der Waals surface area contributed by atoms with Crippen LogP contribution in [0.3, 0.4) is 0 Å². The van der Waals surface area contributed by atoms with Gasteiger partial charge in [-0.1, -0.05) is 59.7 Å². The van der Waals surface area contributed by atoms with E-state index in [4.69, 9.17) is 4.74 Å². The minimum atomic E-state index is -0.876. The Morgan fingerprint density at radius 2 is 1.35 bits per heavy atom. The molecule has 0 unspecified atom stereocenters. The molecule has 2 nitrogen and oxygen atoms in total. The fraction of sp³-hybridized carbons (Fsp3) is 0.667. The van der Waals surface area contributed by atoms with Gasteiger partial charge in [0.25, 0.3) is 0 Å². The lowest BCUT2D eigenvalue weighted by molar-refractivity contribution is -0.173. The molecule has 1 rings (SSSR count). The predicted molar refractivity (Wildman–Crippen MR) is 85.0 cm³/mol. The maximum atomic E-state index is 11.4. The largest absolute Gasteiger partial charge is 0.491 e. The molecule has 2 heteroatoms. The Morgan fingerprint density at radius 1 is 0.900 bits per heavy atom. The van der Waals surface area contributed by atoms with Crippen molar-refractivity contribution in [1.29, 1.82) is 0 Å². The van der Waals surface area contributed by atoms with Crippen LogP contribution < -0.4 is 4.74 Å². The van der Waals surface area contributed by atoms with E-state index in [0.29, 0.717) is 6.61 Å². The highest BCUT2D eigenvalue weighted by atomic mass is 16.5. The average molecular weight is 278 g/mol. The summed E-state index contributed by atoms with van der Waals surface area (Å²) in [5.41, 5.74) is -1.29. The standard InChI is InChI=1S/C18H30O2/c1-7-16(3,4)18(19,17(5,6)8-2)14-20-15-12-10-9-11-13-15/h9-13,19H,7-8,14H2,1-6H3. The molecule has 20 heavy (non-hydrogen) atoms. The molecule has 0 fully saturated rings. The van der Waals surface area contributed by atoms with Crippen LogP contribution in [0.5, 0.6) is 5.75 Å². The predicted octanol–water partition coefficient (Wildman–Crippen LogP) is 4.67. The Hall–Kier alpha value is -1.02. The minimum Gasteiger partial charge on any atom is -0.491 e. The fourth-order valence-corrected chi connectivity index (χ4v) is 2.60. The van der Waals surface area contributed by atoms with Crippen LogP contribution in [0.15, 0.2) is 30.3 Å². The first-order chi connectivity index (χ1) is 9.20. The zero-order valence-electron chi connectivity index (χ0n) is 13.9. The van der Waals surface area contributed by atoms with E-state index >= 15 is 0 Å². The van der Waals surface area contributed by atoms with Gasteiger partial charge in [-0.25, -0.2) is 0 Å². The van der Waals surface area contributed by atoms with E-state index in [2.05, 4.69) is 41.5 Å². The molecule has 0 aliphatic carbocycles. The number of rotatable bonds is 7. The summed E-state index contributed by atoms with van der Waals surface area (Å²) < 4.78 is 5.90. The first-order valence-corrected chi connectivity index (χ1v) is 7.60. The minimum absolute atomic E-state index is 0.207. The van der Waals surface area contributed by atoms with Gasteiger partial charge < -0.3 is 9.84 Å². The van der Waals surface area contributed by atoms with Crippen LogP contribution in [0.25, 0.3) is 0 Å². The van der Waals surface area contributed by atoms with E-state index < -0.39 is 5.60 Å². The summed E-state index contributed by atoms with van der Waals surface area (Å²) in [6.45, 7) is 13.1. The van der Waals surface area contributed by atoms with Crippen LogP contribution in [0.2, 0.25) is 0 Å². The molecule has 0 radical (unpaired) electrons. The van der Waals surface area contributed by atoms with Crippen molar-refractivity contribution in [2.45, 2.75) is 60.0 Å². The number of benzene rings is 1. The van der Waals surface area contributed by atoms with Crippen LogP contribution in [-0.2, 0) is 0 Å². The molecule has 1 N–H and O–H groups in total. The highest BCUT2D eigenvalue weighted by molar-refractivity contribution is 5.21. The highest BCUT2D eigenvalue weighted by Crippen LogP contribution is 2.48. The van der Waals surface area contributed by atoms with Gasteiger partial charge in [-0.3, -0.25) is 0 Å². The van der Waals surface area contributed by atoms with Gasteiger partial charge in [0.2, 0.25) is 0 Å². The van der Waals surface area contributed by atoms with Gasteiger partial charge in [0.05, 0.1) is 0 Å². The van der Waals surface area contributed by atoms with Crippen molar-refractivity contribution >= 4 is 0 Å². The molecule has 0 saturated carbocycles. The molecular formula is C18H30O2. The third-order valence-electron chi connectivity index (χ3n) is 5.20. The summed E-state index contributed by atoms with van der Waals surface area (Å²) in [7, 11) is 0. The molecule has 0 amide bonds. The van der Waals surface area contributed by atoms with Gasteiger partial charge in [-0.05, 0) is 35.8 Å². The average Bonchev–Trinajstić information content (AvgIpc) is 2.45. The van der Waals surface area contributed by atoms with E-state index in [1.54, 1.807) is 0 Å². The summed E-state index contributed by atoms with van der Waals surface area (Å²) in [4.78, 5) is 0. The van der Waals surface area contributed by atoms with E-state index in [1.807, 2.05) is 30.3 Å². The van der Waals surface area contributed by atoms with Crippen LogP contribution in [-0.4, -0.2) is 17.3 Å². The maximum Gasteiger partial charge on any atom is 0.119 e. The summed E-state index contributed by atoms with van der Waals surface area (Å²) in [6, 6.07) is 9.72. The van der Waals surface area contributed by atoms with Crippen LogP contribution in [0.4, 0.5) is 0 Å². The van der Waals surface area contributed by atoms with Crippen molar-refractivity contribution in [1.82, 2.24) is 0 Å². The van der Waals surface area contributed by atoms with E-state index in [9.17, 15) is 5.11 Å². The Morgan fingerprint density at radius 3 is 1.75 bits per heavy atom. The Balaban J connectivity index is 3.01. The SMILES string of the molecule is CCC(C)(C)C(O)(COc1ccccc1)C(C)(C)CC. The lowest BCUT2D eigenvalue weighted by atomic mass is 9.59. The van der Waals surface area contributed by atoms with Gasteiger partial charge >= 0.3 is 0 Å². The second kappa shape index (κ2) is 6.17. The molecule has 0 bridgehead atoms. The molecule has 1 aromatic rings. The van der Waals surface area contributed by atoms with E-state index in [1.165, 1.54) is 0 Å². The van der Waals surface area contributed by atoms with Crippen molar-refractivity contribution in [3.05, 3.63) is 30.3 Å². The van der Waals surface area contributed by atoms with Gasteiger partial charge in [-0.15, -0.1) is 0 Å². The maximum absolute atomic E-state index is 11.4. The number of ether oxygens (including phenoxy) is 1. The number of hydrogen-bond donors (Lipinski definition) is 1. The van der Waals surface area contributed by atoms with Crippen molar-refractivity contribution in [3.8, 4) is 5.75 Å². The first kappa shape index (κ1) is 17.0. The smallest absolute Gasteiger partial charge is 0.119 e. The fourth-order valence-electron chi connectivity index (χ4n) is 2.60. The normalized spacial score (nSPS) is 13.3. The van der Waals surface area contributed by atoms with Crippen molar-refractivity contribution < 1.29 is 9.84 Å². The topological polar surface area (TPSA) is 29.5 Å². The molecule has 1 aromatic carbocycles. The van der Waals surface area contributed by atoms with Crippen molar-refractivity contribution in [2.75, 3.05) is 6.61 Å². The molecule has 0 saturated heterocycles. The monoisotopic (exact) mass is 278 g/mol. The van der Waals surface area contributed by atoms with Crippen LogP contribution in [0.1, 0.15) is 54.4 Å². The summed E-state index contributed by atoms with van der Waals surface area (Å²) >= 11 is 0. The summed E-state index contributed by atoms with van der Waals surface area (Å²) in [5, 5.41) is 11.4. The van der Waals surface area contributed by atoms with Crippen LogP contribution >= 0.6 is 0 Å². The summed E-state index contributed by atoms with van der Waals surface area (Å²) in [5.74, 6) is 0.810. The number of hydrogen-bond acceptors (Lipinski definition) is 2. The molecule has 0 aliphatic rings. The van der Waals surface area contributed by atoms with Gasteiger partial charge in [0, 0.05) is 0 Å². The highest BCUT2D eigenvalue weighted by Gasteiger charge is 2.52. The number of aliphatic hydroxyl groups is 1. The molecule has 0 aliphatic heterocycles. The lowest BCUT2D eigenvalue weighted by Gasteiger charge is -2.51. The molecular weight excluding hydrogens is 248 g/mol. The van der Waals surface area contributed by atoms with Gasteiger partial charge in [0.15, 0.2) is 0 Å². The second-order valence-electron chi connectivity index (χ2n) is 6.94. The van der Waals surface area contributed by atoms with Crippen molar-refractivity contribution in [3.63, 3.8) is 0 Å². The van der Waals surface area contributed by atoms with E-state index in [-0.39, 0.29) is 10.8 Å². The molecule has 0 heterocycles. The first-order valence-electron chi connectivity index (χ1n) is 7.60. The lowest BCUT2D eigenvalue weighted by Crippen LogP contribution is -2.59.